The Morgan fingerprint density at radius 2 is 2.21 bits per heavy atom. The maximum Gasteiger partial charge on any atom is 0.0820 e. The zero-order valence-corrected chi connectivity index (χ0v) is 12.0. The van der Waals surface area contributed by atoms with Gasteiger partial charge in [0.15, 0.2) is 0 Å². The predicted molar refractivity (Wildman–Crippen MR) is 79.1 cm³/mol. The summed E-state index contributed by atoms with van der Waals surface area (Å²) in [5, 5.41) is 0. The third kappa shape index (κ3) is 2.43. The highest BCUT2D eigenvalue weighted by molar-refractivity contribution is 7.12. The number of hydrogen-bond donors (Lipinski definition) is 2. The lowest BCUT2D eigenvalue weighted by Crippen LogP contribution is -2.28. The first-order chi connectivity index (χ1) is 9.29. The number of nitrogens with one attached hydrogen (secondary N) is 1. The molecule has 1 aliphatic carbocycles. The van der Waals surface area contributed by atoms with Gasteiger partial charge >= 0.3 is 0 Å². The molecule has 19 heavy (non-hydrogen) atoms. The fourth-order valence-corrected chi connectivity index (χ4v) is 4.10. The zero-order chi connectivity index (χ0) is 13.2. The molecule has 0 radical (unpaired) electrons. The molecule has 1 unspecified atom stereocenters. The Hall–Kier alpha value is -1.23. The van der Waals surface area contributed by atoms with Crippen LogP contribution in [0.2, 0.25) is 0 Å². The average molecular weight is 273 g/mol. The SMILES string of the molecule is Cc1ccncc1C(NN)c1cc2c(s1)CCCC2. The Morgan fingerprint density at radius 1 is 1.37 bits per heavy atom. The molecule has 0 aromatic carbocycles. The number of thiophene rings is 1. The molecule has 3 rings (SSSR count). The summed E-state index contributed by atoms with van der Waals surface area (Å²) >= 11 is 1.90. The molecule has 4 heteroatoms. The Kier molecular flexibility index (Phi) is 3.64. The normalized spacial score (nSPS) is 16.1. The van der Waals surface area contributed by atoms with Crippen LogP contribution in [0.1, 0.15) is 45.3 Å². The van der Waals surface area contributed by atoms with Gasteiger partial charge in [-0.25, -0.2) is 5.43 Å². The predicted octanol–water partition coefficient (Wildman–Crippen LogP) is 2.88. The van der Waals surface area contributed by atoms with Crippen LogP contribution in [-0.4, -0.2) is 4.98 Å². The van der Waals surface area contributed by atoms with Crippen LogP contribution in [0.5, 0.6) is 0 Å². The molecule has 2 aromatic heterocycles. The van der Waals surface area contributed by atoms with E-state index in [0.717, 1.165) is 0 Å². The lowest BCUT2D eigenvalue weighted by molar-refractivity contribution is 0.640. The van der Waals surface area contributed by atoms with Crippen molar-refractivity contribution in [1.82, 2.24) is 10.4 Å². The number of nitrogens with zero attached hydrogens (tertiary/aromatic N) is 1. The number of hydrogen-bond acceptors (Lipinski definition) is 4. The van der Waals surface area contributed by atoms with Gasteiger partial charge in [-0.3, -0.25) is 10.8 Å². The van der Waals surface area contributed by atoms with Crippen LogP contribution >= 0.6 is 11.3 Å². The molecular weight excluding hydrogens is 254 g/mol. The molecule has 2 heterocycles. The van der Waals surface area contributed by atoms with E-state index in [4.69, 9.17) is 5.84 Å². The summed E-state index contributed by atoms with van der Waals surface area (Å²) in [6.45, 7) is 2.11. The summed E-state index contributed by atoms with van der Waals surface area (Å²) in [5.74, 6) is 5.79. The molecule has 3 N–H and O–H groups in total. The van der Waals surface area contributed by atoms with E-state index in [1.54, 1.807) is 4.88 Å². The molecule has 3 nitrogen and oxygen atoms in total. The summed E-state index contributed by atoms with van der Waals surface area (Å²) in [6.07, 6.45) is 8.82. The van der Waals surface area contributed by atoms with E-state index < -0.39 is 0 Å². The minimum Gasteiger partial charge on any atom is -0.271 e. The van der Waals surface area contributed by atoms with Crippen molar-refractivity contribution in [3.8, 4) is 0 Å². The fraction of sp³-hybridized carbons (Fsp3) is 0.400. The van der Waals surface area contributed by atoms with Crippen molar-refractivity contribution < 1.29 is 0 Å². The standard InChI is InChI=1S/C15H19N3S/c1-10-6-7-17-9-12(10)15(18-16)14-8-11-4-2-3-5-13(11)19-14/h6-9,15,18H,2-5,16H2,1H3. The Labute approximate surface area is 117 Å². The second kappa shape index (κ2) is 5.41. The smallest absolute Gasteiger partial charge is 0.0820 e. The van der Waals surface area contributed by atoms with Crippen LogP contribution in [-0.2, 0) is 12.8 Å². The van der Waals surface area contributed by atoms with Crippen molar-refractivity contribution in [3.05, 3.63) is 51.0 Å². The first kappa shape index (κ1) is 12.8. The Morgan fingerprint density at radius 3 is 2.95 bits per heavy atom. The van der Waals surface area contributed by atoms with E-state index in [9.17, 15) is 0 Å². The molecule has 0 aliphatic heterocycles. The first-order valence-electron chi connectivity index (χ1n) is 6.77. The quantitative estimate of drug-likeness (QED) is 0.668. The van der Waals surface area contributed by atoms with E-state index in [-0.39, 0.29) is 6.04 Å². The van der Waals surface area contributed by atoms with Gasteiger partial charge in [0.2, 0.25) is 0 Å². The van der Waals surface area contributed by atoms with Gasteiger partial charge in [0.1, 0.15) is 0 Å². The molecule has 2 aromatic rings. The third-order valence-electron chi connectivity index (χ3n) is 3.86. The van der Waals surface area contributed by atoms with Crippen LogP contribution in [0, 0.1) is 6.92 Å². The number of pyridine rings is 1. The van der Waals surface area contributed by atoms with Gasteiger partial charge in [-0.2, -0.15) is 0 Å². The van der Waals surface area contributed by atoms with Gasteiger partial charge in [-0.15, -0.1) is 11.3 Å². The van der Waals surface area contributed by atoms with Crippen LogP contribution in [0.4, 0.5) is 0 Å². The molecule has 1 aliphatic rings. The molecule has 100 valence electrons. The van der Waals surface area contributed by atoms with Gasteiger partial charge < -0.3 is 0 Å². The van der Waals surface area contributed by atoms with Gasteiger partial charge in [-0.05, 0) is 61.4 Å². The Bertz CT molecular complexity index is 553. The Balaban J connectivity index is 1.98. The minimum atomic E-state index is 0.0595. The highest BCUT2D eigenvalue weighted by atomic mass is 32.1. The van der Waals surface area contributed by atoms with Crippen molar-refractivity contribution >= 4 is 11.3 Å². The summed E-state index contributed by atoms with van der Waals surface area (Å²) in [4.78, 5) is 7.09. The first-order valence-corrected chi connectivity index (χ1v) is 7.59. The van der Waals surface area contributed by atoms with Crippen molar-refractivity contribution in [2.75, 3.05) is 0 Å². The van der Waals surface area contributed by atoms with Crippen LogP contribution in [0.25, 0.3) is 0 Å². The number of aryl methyl sites for hydroxylation is 3. The van der Waals surface area contributed by atoms with E-state index in [2.05, 4.69) is 23.4 Å². The molecular formula is C15H19N3S. The number of rotatable bonds is 3. The van der Waals surface area contributed by atoms with E-state index in [1.165, 1.54) is 47.3 Å². The van der Waals surface area contributed by atoms with Crippen molar-refractivity contribution in [2.24, 2.45) is 5.84 Å². The molecule has 1 atom stereocenters. The second-order valence-electron chi connectivity index (χ2n) is 5.14. The van der Waals surface area contributed by atoms with Crippen molar-refractivity contribution in [2.45, 2.75) is 38.6 Å². The van der Waals surface area contributed by atoms with Gasteiger partial charge in [0, 0.05) is 22.1 Å². The number of hydrazine groups is 1. The average Bonchev–Trinajstić information content (AvgIpc) is 2.85. The minimum absolute atomic E-state index is 0.0595. The maximum absolute atomic E-state index is 5.79. The monoisotopic (exact) mass is 273 g/mol. The second-order valence-corrected chi connectivity index (χ2v) is 6.30. The van der Waals surface area contributed by atoms with Crippen LogP contribution in [0.15, 0.2) is 24.5 Å². The molecule has 0 amide bonds. The molecule has 0 saturated heterocycles. The van der Waals surface area contributed by atoms with Gasteiger partial charge in [-0.1, -0.05) is 0 Å². The summed E-state index contributed by atoms with van der Waals surface area (Å²) in [7, 11) is 0. The topological polar surface area (TPSA) is 50.9 Å². The summed E-state index contributed by atoms with van der Waals surface area (Å²) < 4.78 is 0. The zero-order valence-electron chi connectivity index (χ0n) is 11.1. The fourth-order valence-electron chi connectivity index (χ4n) is 2.76. The number of aromatic nitrogens is 1. The van der Waals surface area contributed by atoms with E-state index >= 15 is 0 Å². The van der Waals surface area contributed by atoms with Gasteiger partial charge in [0.05, 0.1) is 6.04 Å². The molecule has 0 saturated carbocycles. The van der Waals surface area contributed by atoms with Crippen LogP contribution in [0.3, 0.4) is 0 Å². The molecule has 0 fully saturated rings. The van der Waals surface area contributed by atoms with Crippen molar-refractivity contribution in [1.29, 1.82) is 0 Å². The van der Waals surface area contributed by atoms with E-state index in [1.807, 2.05) is 29.8 Å². The summed E-state index contributed by atoms with van der Waals surface area (Å²) in [6, 6.07) is 4.42. The third-order valence-corrected chi connectivity index (χ3v) is 5.16. The maximum atomic E-state index is 5.79. The largest absolute Gasteiger partial charge is 0.271 e. The summed E-state index contributed by atoms with van der Waals surface area (Å²) in [5.41, 5.74) is 6.87. The lowest BCUT2D eigenvalue weighted by Gasteiger charge is -2.16. The lowest BCUT2D eigenvalue weighted by atomic mass is 9.97. The number of fused-ring (bicyclic) bond motifs is 1. The van der Waals surface area contributed by atoms with Crippen molar-refractivity contribution in [3.63, 3.8) is 0 Å². The van der Waals surface area contributed by atoms with Crippen LogP contribution < -0.4 is 11.3 Å². The van der Waals surface area contributed by atoms with Gasteiger partial charge in [0.25, 0.3) is 0 Å². The molecule has 0 bridgehead atoms. The highest BCUT2D eigenvalue weighted by Gasteiger charge is 2.20. The van der Waals surface area contributed by atoms with E-state index in [0.29, 0.717) is 0 Å². The number of nitrogens with two attached hydrogens (primary N) is 1. The molecule has 0 spiro atoms. The highest BCUT2D eigenvalue weighted by Crippen LogP contribution is 2.35.